The normalized spacial score (nSPS) is 14.4. The Bertz CT molecular complexity index is 1950. The predicted molar refractivity (Wildman–Crippen MR) is 174 cm³/mol. The monoisotopic (exact) mass is 622 g/mol. The molecule has 2 aromatic carbocycles. The second-order valence-electron chi connectivity index (χ2n) is 11.3. The van der Waals surface area contributed by atoms with Gasteiger partial charge in [-0.15, -0.1) is 0 Å². The average Bonchev–Trinajstić information content (AvgIpc) is 3.98. The van der Waals surface area contributed by atoms with Gasteiger partial charge in [0.25, 0.3) is 11.1 Å². The standard InChI is InChI=1S/2C17H14ClN3O/c2*18-13-7-5-12(6-8-13)15-17(22)21(10-11-3-4-11)16-14(20-15)2-1-9-19-16/h2*1-2,5-9,11H,3-4,10H2. The molecule has 0 bridgehead atoms. The van der Waals surface area contributed by atoms with Crippen LogP contribution in [-0.2, 0) is 13.1 Å². The third-order valence-corrected chi connectivity index (χ3v) is 8.42. The Balaban J connectivity index is 0.000000142. The zero-order valence-electron chi connectivity index (χ0n) is 23.7. The molecule has 4 aromatic heterocycles. The summed E-state index contributed by atoms with van der Waals surface area (Å²) < 4.78 is 3.54. The summed E-state index contributed by atoms with van der Waals surface area (Å²) in [5, 5.41) is 1.29. The van der Waals surface area contributed by atoms with Crippen molar-refractivity contribution in [3.63, 3.8) is 0 Å². The molecule has 2 saturated carbocycles. The molecule has 44 heavy (non-hydrogen) atoms. The first kappa shape index (κ1) is 28.4. The van der Waals surface area contributed by atoms with Crippen LogP contribution in [0.5, 0.6) is 0 Å². The molecule has 0 aliphatic heterocycles. The van der Waals surface area contributed by atoms with Gasteiger partial charge in [0.2, 0.25) is 0 Å². The Hall–Kier alpha value is -4.40. The Kier molecular flexibility index (Phi) is 7.70. The van der Waals surface area contributed by atoms with Gasteiger partial charge in [0.15, 0.2) is 11.3 Å². The van der Waals surface area contributed by atoms with Crippen LogP contribution >= 0.6 is 23.2 Å². The van der Waals surface area contributed by atoms with E-state index in [1.54, 1.807) is 45.8 Å². The van der Waals surface area contributed by atoms with Gasteiger partial charge in [0, 0.05) is 46.7 Å². The van der Waals surface area contributed by atoms with Crippen LogP contribution < -0.4 is 11.1 Å². The van der Waals surface area contributed by atoms with Gasteiger partial charge in [-0.1, -0.05) is 47.5 Å². The van der Waals surface area contributed by atoms with Gasteiger partial charge in [0.05, 0.1) is 0 Å². The number of pyridine rings is 2. The van der Waals surface area contributed by atoms with E-state index in [9.17, 15) is 9.59 Å². The highest BCUT2D eigenvalue weighted by atomic mass is 35.5. The van der Waals surface area contributed by atoms with Crippen molar-refractivity contribution < 1.29 is 0 Å². The Morgan fingerprint density at radius 2 is 0.977 bits per heavy atom. The van der Waals surface area contributed by atoms with Crippen LogP contribution in [0.15, 0.2) is 94.8 Å². The molecule has 4 heterocycles. The number of aromatic nitrogens is 6. The van der Waals surface area contributed by atoms with Crippen molar-refractivity contribution in [1.82, 2.24) is 29.1 Å². The number of benzene rings is 2. The Labute approximate surface area is 263 Å². The van der Waals surface area contributed by atoms with Crippen molar-refractivity contribution in [2.24, 2.45) is 11.8 Å². The molecule has 6 aromatic rings. The van der Waals surface area contributed by atoms with E-state index in [1.807, 2.05) is 48.5 Å². The molecule has 0 amide bonds. The van der Waals surface area contributed by atoms with Gasteiger partial charge >= 0.3 is 0 Å². The minimum Gasteiger partial charge on any atom is -0.289 e. The summed E-state index contributed by atoms with van der Waals surface area (Å²) in [5.74, 6) is 1.17. The fourth-order valence-corrected chi connectivity index (χ4v) is 5.45. The molecular formula is C34H28Cl2N6O2. The second kappa shape index (κ2) is 11.9. The lowest BCUT2D eigenvalue weighted by Gasteiger charge is -2.11. The summed E-state index contributed by atoms with van der Waals surface area (Å²) in [5.41, 5.74) is 5.13. The van der Waals surface area contributed by atoms with Gasteiger partial charge in [-0.2, -0.15) is 0 Å². The first-order valence-corrected chi connectivity index (χ1v) is 15.4. The first-order valence-electron chi connectivity index (χ1n) is 14.7. The predicted octanol–water partition coefficient (Wildman–Crippen LogP) is 7.04. The van der Waals surface area contributed by atoms with E-state index in [2.05, 4.69) is 19.9 Å². The molecule has 2 aliphatic rings. The molecule has 8 rings (SSSR count). The van der Waals surface area contributed by atoms with E-state index >= 15 is 0 Å². The maximum absolute atomic E-state index is 12.9. The van der Waals surface area contributed by atoms with Crippen LogP contribution in [0.25, 0.3) is 44.8 Å². The minimum absolute atomic E-state index is 0.0829. The molecule has 0 saturated heterocycles. The van der Waals surface area contributed by atoms with Gasteiger partial charge in [-0.05, 0) is 86.1 Å². The highest BCUT2D eigenvalue weighted by Gasteiger charge is 2.25. The van der Waals surface area contributed by atoms with Crippen molar-refractivity contribution in [1.29, 1.82) is 0 Å². The lowest BCUT2D eigenvalue weighted by Crippen LogP contribution is -2.25. The van der Waals surface area contributed by atoms with E-state index in [1.165, 1.54) is 25.7 Å². The molecule has 0 spiro atoms. The second-order valence-corrected chi connectivity index (χ2v) is 12.2. The number of hydrogen-bond acceptors (Lipinski definition) is 6. The molecule has 220 valence electrons. The quantitative estimate of drug-likeness (QED) is 0.198. The van der Waals surface area contributed by atoms with Gasteiger partial charge in [-0.3, -0.25) is 18.7 Å². The number of fused-ring (bicyclic) bond motifs is 2. The molecule has 0 unspecified atom stereocenters. The molecule has 2 aliphatic carbocycles. The zero-order valence-corrected chi connectivity index (χ0v) is 25.2. The summed E-state index contributed by atoms with van der Waals surface area (Å²) in [6, 6.07) is 21.9. The van der Waals surface area contributed by atoms with Crippen LogP contribution in [0.1, 0.15) is 25.7 Å². The average molecular weight is 624 g/mol. The van der Waals surface area contributed by atoms with Crippen molar-refractivity contribution in [3.8, 4) is 22.5 Å². The number of halogens is 2. The zero-order chi connectivity index (χ0) is 30.2. The van der Waals surface area contributed by atoms with Crippen molar-refractivity contribution in [2.45, 2.75) is 38.8 Å². The summed E-state index contributed by atoms with van der Waals surface area (Å²) >= 11 is 11.9. The highest BCUT2D eigenvalue weighted by Crippen LogP contribution is 2.32. The van der Waals surface area contributed by atoms with Gasteiger partial charge in [-0.25, -0.2) is 19.9 Å². The number of hydrogen-bond donors (Lipinski definition) is 0. The molecule has 0 atom stereocenters. The SMILES string of the molecule is O=c1c(-c2ccc(Cl)cc2)nc2cccnc2n1CC1CC1.O=c1c(-c2ccc(Cl)cc2)nc2cccnc2n1CC1CC1. The Morgan fingerprint density at radius 3 is 1.34 bits per heavy atom. The van der Waals surface area contributed by atoms with E-state index in [-0.39, 0.29) is 11.1 Å². The van der Waals surface area contributed by atoms with Crippen LogP contribution in [0.4, 0.5) is 0 Å². The highest BCUT2D eigenvalue weighted by molar-refractivity contribution is 6.30. The third kappa shape index (κ3) is 6.00. The molecule has 8 nitrogen and oxygen atoms in total. The summed E-state index contributed by atoms with van der Waals surface area (Å²) in [4.78, 5) is 43.5. The smallest absolute Gasteiger partial charge is 0.278 e. The van der Waals surface area contributed by atoms with Crippen LogP contribution in [0.2, 0.25) is 10.0 Å². The van der Waals surface area contributed by atoms with E-state index in [4.69, 9.17) is 23.2 Å². The summed E-state index contributed by atoms with van der Waals surface area (Å²) in [6.07, 6.45) is 8.13. The number of nitrogens with zero attached hydrogens (tertiary/aromatic N) is 6. The molecule has 0 radical (unpaired) electrons. The summed E-state index contributed by atoms with van der Waals surface area (Å²) in [6.45, 7) is 1.44. The van der Waals surface area contributed by atoms with Crippen LogP contribution in [0, 0.1) is 11.8 Å². The van der Waals surface area contributed by atoms with E-state index < -0.39 is 0 Å². The van der Waals surface area contributed by atoms with Gasteiger partial charge in [0.1, 0.15) is 22.4 Å². The van der Waals surface area contributed by atoms with Crippen molar-refractivity contribution >= 4 is 45.5 Å². The maximum Gasteiger partial charge on any atom is 0.278 e. The fraction of sp³-hybridized carbons (Fsp3) is 0.235. The molecular weight excluding hydrogens is 595 g/mol. The van der Waals surface area contributed by atoms with Crippen molar-refractivity contribution in [2.75, 3.05) is 0 Å². The largest absolute Gasteiger partial charge is 0.289 e. The van der Waals surface area contributed by atoms with Crippen molar-refractivity contribution in [3.05, 3.63) is 116 Å². The minimum atomic E-state index is -0.0829. The topological polar surface area (TPSA) is 95.6 Å². The molecule has 2 fully saturated rings. The van der Waals surface area contributed by atoms with Crippen LogP contribution in [-0.4, -0.2) is 29.1 Å². The van der Waals surface area contributed by atoms with E-state index in [0.29, 0.717) is 44.6 Å². The molecule has 0 N–H and O–H groups in total. The maximum atomic E-state index is 12.9. The number of rotatable bonds is 6. The summed E-state index contributed by atoms with van der Waals surface area (Å²) in [7, 11) is 0. The Morgan fingerprint density at radius 1 is 0.591 bits per heavy atom. The molecule has 10 heteroatoms. The lowest BCUT2D eigenvalue weighted by molar-refractivity contribution is 0.620. The first-order chi connectivity index (χ1) is 21.4. The van der Waals surface area contributed by atoms with Gasteiger partial charge < -0.3 is 0 Å². The fourth-order valence-electron chi connectivity index (χ4n) is 5.20. The van der Waals surface area contributed by atoms with Crippen LogP contribution in [0.3, 0.4) is 0 Å². The lowest BCUT2D eigenvalue weighted by atomic mass is 10.1. The third-order valence-electron chi connectivity index (χ3n) is 7.91. The van der Waals surface area contributed by atoms with E-state index in [0.717, 1.165) is 35.2 Å².